The average molecular weight is 392 g/mol. The van der Waals surface area contributed by atoms with Crippen molar-refractivity contribution < 1.29 is 14.6 Å². The van der Waals surface area contributed by atoms with Crippen LogP contribution in [-0.4, -0.2) is 37.8 Å². The summed E-state index contributed by atoms with van der Waals surface area (Å²) in [5, 5.41) is 27.8. The fraction of sp³-hybridized carbons (Fsp3) is 0.200. The molecule has 0 bridgehead atoms. The first kappa shape index (κ1) is 18.5. The van der Waals surface area contributed by atoms with Gasteiger partial charge in [0, 0.05) is 11.4 Å². The molecule has 1 aliphatic heterocycles. The quantitative estimate of drug-likeness (QED) is 0.612. The number of carbonyl (C=O) groups is 1. The van der Waals surface area contributed by atoms with Crippen LogP contribution in [0.3, 0.4) is 0 Å². The standard InChI is InChI=1S/C20H20N6O3/c1-3-29-16-11-13(9-10-15(16)27)18-17(12(2)21-20-23-24-25-26(18)20)19(28)22-14-7-5-4-6-8-14/h4-11,18,27H,3H2,1-2H3,(H,22,28)(H,21,23,25). The number of aromatic nitrogens is 4. The van der Waals surface area contributed by atoms with Gasteiger partial charge >= 0.3 is 0 Å². The predicted molar refractivity (Wildman–Crippen MR) is 107 cm³/mol. The Balaban J connectivity index is 1.78. The molecule has 9 heteroatoms. The summed E-state index contributed by atoms with van der Waals surface area (Å²) in [5.74, 6) is 0.504. The Bertz CT molecular complexity index is 1080. The lowest BCUT2D eigenvalue weighted by Crippen LogP contribution is -2.31. The largest absolute Gasteiger partial charge is 0.504 e. The number of hydrogen-bond acceptors (Lipinski definition) is 7. The molecule has 3 aromatic rings. The Morgan fingerprint density at radius 3 is 2.83 bits per heavy atom. The van der Waals surface area contributed by atoms with Gasteiger partial charge in [-0.25, -0.2) is 0 Å². The number of rotatable bonds is 5. The molecule has 0 saturated heterocycles. The number of benzene rings is 2. The highest BCUT2D eigenvalue weighted by Crippen LogP contribution is 2.38. The number of nitrogens with zero attached hydrogens (tertiary/aromatic N) is 4. The molecule has 0 radical (unpaired) electrons. The molecule has 148 valence electrons. The van der Waals surface area contributed by atoms with Crippen LogP contribution in [0, 0.1) is 0 Å². The van der Waals surface area contributed by atoms with Gasteiger partial charge in [-0.15, -0.1) is 0 Å². The van der Waals surface area contributed by atoms with Crippen molar-refractivity contribution in [1.82, 2.24) is 20.2 Å². The SMILES string of the molecule is CCOc1cc(C2C(C(=O)Nc3ccccc3)=C(C)Nc3nnnn32)ccc1O. The zero-order valence-corrected chi connectivity index (χ0v) is 16.0. The number of ether oxygens (including phenoxy) is 1. The van der Waals surface area contributed by atoms with Crippen LogP contribution in [0.5, 0.6) is 11.5 Å². The van der Waals surface area contributed by atoms with E-state index in [2.05, 4.69) is 26.2 Å². The van der Waals surface area contributed by atoms with E-state index in [4.69, 9.17) is 4.74 Å². The molecule has 3 N–H and O–H groups in total. The van der Waals surface area contributed by atoms with Crippen LogP contribution < -0.4 is 15.4 Å². The number of phenols is 1. The number of para-hydroxylation sites is 1. The first-order valence-corrected chi connectivity index (χ1v) is 9.16. The van der Waals surface area contributed by atoms with E-state index in [0.717, 1.165) is 0 Å². The van der Waals surface area contributed by atoms with Crippen molar-refractivity contribution in [1.29, 1.82) is 0 Å². The number of anilines is 2. The maximum Gasteiger partial charge on any atom is 0.255 e. The molecular formula is C20H20N6O3. The highest BCUT2D eigenvalue weighted by atomic mass is 16.5. The summed E-state index contributed by atoms with van der Waals surface area (Å²) in [6.45, 7) is 4.03. The fourth-order valence-electron chi connectivity index (χ4n) is 3.31. The zero-order chi connectivity index (χ0) is 20.4. The van der Waals surface area contributed by atoms with Crippen LogP contribution in [0.2, 0.25) is 0 Å². The molecule has 1 aromatic heterocycles. The lowest BCUT2D eigenvalue weighted by Gasteiger charge is -2.28. The zero-order valence-electron chi connectivity index (χ0n) is 16.0. The fourth-order valence-corrected chi connectivity index (χ4v) is 3.31. The summed E-state index contributed by atoms with van der Waals surface area (Å²) in [4.78, 5) is 13.2. The lowest BCUT2D eigenvalue weighted by atomic mass is 9.94. The van der Waals surface area contributed by atoms with Gasteiger partial charge < -0.3 is 20.5 Å². The van der Waals surface area contributed by atoms with Crippen molar-refractivity contribution in [3.63, 3.8) is 0 Å². The number of hydrogen-bond donors (Lipinski definition) is 3. The molecule has 2 heterocycles. The highest BCUT2D eigenvalue weighted by Gasteiger charge is 2.34. The van der Waals surface area contributed by atoms with Gasteiger partial charge in [0.05, 0.1) is 12.2 Å². The summed E-state index contributed by atoms with van der Waals surface area (Å²) in [7, 11) is 0. The van der Waals surface area contributed by atoms with Crippen molar-refractivity contribution >= 4 is 17.5 Å². The van der Waals surface area contributed by atoms with E-state index >= 15 is 0 Å². The molecule has 1 amide bonds. The molecule has 4 rings (SSSR count). The van der Waals surface area contributed by atoms with E-state index in [1.54, 1.807) is 19.1 Å². The Hall–Kier alpha value is -3.88. The van der Waals surface area contributed by atoms with Gasteiger partial charge in [-0.2, -0.15) is 4.68 Å². The predicted octanol–water partition coefficient (Wildman–Crippen LogP) is 2.71. The lowest BCUT2D eigenvalue weighted by molar-refractivity contribution is -0.113. The van der Waals surface area contributed by atoms with Crippen molar-refractivity contribution in [3.8, 4) is 11.5 Å². The maximum atomic E-state index is 13.2. The van der Waals surface area contributed by atoms with Crippen molar-refractivity contribution in [2.24, 2.45) is 0 Å². The molecule has 1 aliphatic rings. The van der Waals surface area contributed by atoms with E-state index in [1.807, 2.05) is 37.3 Å². The van der Waals surface area contributed by atoms with Crippen LogP contribution in [-0.2, 0) is 4.79 Å². The molecule has 0 saturated carbocycles. The van der Waals surface area contributed by atoms with Crippen LogP contribution >= 0.6 is 0 Å². The summed E-state index contributed by atoms with van der Waals surface area (Å²) < 4.78 is 7.05. The number of nitrogens with one attached hydrogen (secondary N) is 2. The Labute approximate surface area is 167 Å². The monoisotopic (exact) mass is 392 g/mol. The number of phenolic OH excluding ortho intramolecular Hbond substituents is 1. The number of tetrazole rings is 1. The second kappa shape index (κ2) is 7.63. The normalized spacial score (nSPS) is 15.4. The van der Waals surface area contributed by atoms with E-state index in [9.17, 15) is 9.90 Å². The van der Waals surface area contributed by atoms with Gasteiger partial charge in [0.1, 0.15) is 6.04 Å². The Morgan fingerprint density at radius 1 is 1.28 bits per heavy atom. The third-order valence-electron chi connectivity index (χ3n) is 4.59. The smallest absolute Gasteiger partial charge is 0.255 e. The molecule has 29 heavy (non-hydrogen) atoms. The van der Waals surface area contributed by atoms with E-state index in [-0.39, 0.29) is 11.7 Å². The number of amides is 1. The first-order chi connectivity index (χ1) is 14.1. The van der Waals surface area contributed by atoms with Crippen LogP contribution in [0.15, 0.2) is 59.8 Å². The summed E-state index contributed by atoms with van der Waals surface area (Å²) >= 11 is 0. The summed E-state index contributed by atoms with van der Waals surface area (Å²) in [6, 6.07) is 13.6. The summed E-state index contributed by atoms with van der Waals surface area (Å²) in [6.07, 6.45) is 0. The third-order valence-corrected chi connectivity index (χ3v) is 4.59. The average Bonchev–Trinajstić information content (AvgIpc) is 3.17. The van der Waals surface area contributed by atoms with Crippen molar-refractivity contribution in [2.75, 3.05) is 17.2 Å². The number of carbonyl (C=O) groups excluding carboxylic acids is 1. The minimum Gasteiger partial charge on any atom is -0.504 e. The third kappa shape index (κ3) is 3.49. The molecule has 2 aromatic carbocycles. The first-order valence-electron chi connectivity index (χ1n) is 9.16. The van der Waals surface area contributed by atoms with E-state index < -0.39 is 6.04 Å². The Morgan fingerprint density at radius 2 is 2.07 bits per heavy atom. The minimum absolute atomic E-state index is 0.0254. The van der Waals surface area contributed by atoms with Crippen LogP contribution in [0.25, 0.3) is 0 Å². The van der Waals surface area contributed by atoms with Crippen LogP contribution in [0.1, 0.15) is 25.5 Å². The molecule has 1 atom stereocenters. The molecular weight excluding hydrogens is 372 g/mol. The van der Waals surface area contributed by atoms with Gasteiger partial charge in [0.2, 0.25) is 5.95 Å². The van der Waals surface area contributed by atoms with Crippen molar-refractivity contribution in [2.45, 2.75) is 19.9 Å². The van der Waals surface area contributed by atoms with Gasteiger partial charge in [0.25, 0.3) is 5.91 Å². The highest BCUT2D eigenvalue weighted by molar-refractivity contribution is 6.06. The number of fused-ring (bicyclic) bond motifs is 1. The van der Waals surface area contributed by atoms with Crippen LogP contribution in [0.4, 0.5) is 11.6 Å². The topological polar surface area (TPSA) is 114 Å². The summed E-state index contributed by atoms with van der Waals surface area (Å²) in [5.41, 5.74) is 2.48. The van der Waals surface area contributed by atoms with E-state index in [0.29, 0.717) is 40.8 Å². The Kier molecular flexibility index (Phi) is 4.86. The van der Waals surface area contributed by atoms with Gasteiger partial charge in [-0.3, -0.25) is 4.79 Å². The molecule has 9 nitrogen and oxygen atoms in total. The van der Waals surface area contributed by atoms with Crippen molar-refractivity contribution in [3.05, 3.63) is 65.4 Å². The molecule has 0 spiro atoms. The minimum atomic E-state index is -0.593. The number of allylic oxidation sites excluding steroid dienone is 1. The second-order valence-electron chi connectivity index (χ2n) is 6.49. The van der Waals surface area contributed by atoms with E-state index in [1.165, 1.54) is 10.7 Å². The molecule has 0 aliphatic carbocycles. The molecule has 1 unspecified atom stereocenters. The van der Waals surface area contributed by atoms with Gasteiger partial charge in [-0.1, -0.05) is 29.4 Å². The van der Waals surface area contributed by atoms with Gasteiger partial charge in [0.15, 0.2) is 11.5 Å². The number of aromatic hydroxyl groups is 1. The molecule has 0 fully saturated rings. The maximum absolute atomic E-state index is 13.2. The van der Waals surface area contributed by atoms with Gasteiger partial charge in [-0.05, 0) is 54.1 Å². The second-order valence-corrected chi connectivity index (χ2v) is 6.49.